The van der Waals surface area contributed by atoms with Gasteiger partial charge in [0.15, 0.2) is 0 Å². The van der Waals surface area contributed by atoms with Crippen LogP contribution < -0.4 is 11.1 Å². The number of para-hydroxylation sites is 1. The second-order valence-corrected chi connectivity index (χ2v) is 6.32. The zero-order valence-corrected chi connectivity index (χ0v) is 15.8. The molecular weight excluding hydrogens is 391 g/mol. The fourth-order valence-electron chi connectivity index (χ4n) is 2.89. The maximum atomic E-state index is 13.7. The van der Waals surface area contributed by atoms with Crippen LogP contribution in [0.4, 0.5) is 13.2 Å². The van der Waals surface area contributed by atoms with Gasteiger partial charge in [-0.05, 0) is 18.2 Å². The molecule has 2 aromatic carbocycles. The molecule has 0 aliphatic heterocycles. The monoisotopic (exact) mass is 409 g/mol. The highest BCUT2D eigenvalue weighted by Crippen LogP contribution is 2.38. The van der Waals surface area contributed by atoms with Gasteiger partial charge in [-0.2, -0.15) is 13.2 Å². The molecule has 1 aromatic heterocycles. The highest BCUT2D eigenvalue weighted by molar-refractivity contribution is 6.06. The van der Waals surface area contributed by atoms with E-state index < -0.39 is 17.6 Å². The molecule has 152 valence electrons. The van der Waals surface area contributed by atoms with Crippen molar-refractivity contribution < 1.29 is 18.0 Å². The van der Waals surface area contributed by atoms with Crippen molar-refractivity contribution in [2.45, 2.75) is 6.18 Å². The number of hydrogen-bond acceptors (Lipinski definition) is 3. The van der Waals surface area contributed by atoms with Crippen molar-refractivity contribution in [1.82, 2.24) is 10.3 Å². The Morgan fingerprint density at radius 2 is 1.80 bits per heavy atom. The summed E-state index contributed by atoms with van der Waals surface area (Å²) in [6.07, 6.45) is 1.63. The van der Waals surface area contributed by atoms with Gasteiger partial charge >= 0.3 is 6.18 Å². The van der Waals surface area contributed by atoms with Gasteiger partial charge in [-0.25, -0.2) is 4.98 Å². The lowest BCUT2D eigenvalue weighted by atomic mass is 10.0. The first kappa shape index (κ1) is 20.9. The van der Waals surface area contributed by atoms with Crippen LogP contribution in [0.15, 0.2) is 91.3 Å². The molecule has 0 saturated carbocycles. The Hall–Kier alpha value is -3.87. The summed E-state index contributed by atoms with van der Waals surface area (Å²) in [6.45, 7) is 3.53. The lowest BCUT2D eigenvalue weighted by molar-refractivity contribution is -0.137. The lowest BCUT2D eigenvalue weighted by Crippen LogP contribution is -2.27. The van der Waals surface area contributed by atoms with E-state index in [1.54, 1.807) is 48.6 Å². The fraction of sp³-hybridized carbons (Fsp3) is 0.0435. The van der Waals surface area contributed by atoms with E-state index in [0.29, 0.717) is 5.56 Å². The molecule has 3 aromatic rings. The first-order valence-corrected chi connectivity index (χ1v) is 8.94. The fourth-order valence-corrected chi connectivity index (χ4v) is 2.89. The number of carbonyl (C=O) groups is 1. The van der Waals surface area contributed by atoms with Gasteiger partial charge in [0.1, 0.15) is 5.82 Å². The summed E-state index contributed by atoms with van der Waals surface area (Å²) in [7, 11) is 0. The zero-order chi connectivity index (χ0) is 21.7. The standard InChI is InChI=1S/C23H18F3N3O/c1-2-3-5-13-19(27)28-22(30)17-12-8-11-16-14-18(23(24,25)26)21(29-20(16)17)15-9-6-4-7-10-15/h2-14H,1,27H2,(H,28,30)/b5-3-,19-13+. The molecule has 1 amide bonds. The minimum absolute atomic E-state index is 0.0743. The van der Waals surface area contributed by atoms with E-state index in [0.717, 1.165) is 6.07 Å². The number of halogens is 3. The molecule has 0 saturated heterocycles. The number of aromatic nitrogens is 1. The van der Waals surface area contributed by atoms with Crippen LogP contribution in [0.1, 0.15) is 15.9 Å². The molecule has 0 radical (unpaired) electrons. The number of benzene rings is 2. The van der Waals surface area contributed by atoms with E-state index in [4.69, 9.17) is 5.73 Å². The first-order valence-electron chi connectivity index (χ1n) is 8.94. The van der Waals surface area contributed by atoms with Crippen molar-refractivity contribution in [1.29, 1.82) is 0 Å². The van der Waals surface area contributed by atoms with Gasteiger partial charge < -0.3 is 11.1 Å². The van der Waals surface area contributed by atoms with Gasteiger partial charge in [-0.1, -0.05) is 67.3 Å². The molecule has 7 heteroatoms. The molecule has 3 N–H and O–H groups in total. The summed E-state index contributed by atoms with van der Waals surface area (Å²) in [4.78, 5) is 16.9. The third-order valence-electron chi connectivity index (χ3n) is 4.22. The number of carbonyl (C=O) groups excluding carboxylic acids is 1. The average molecular weight is 409 g/mol. The van der Waals surface area contributed by atoms with Crippen LogP contribution in [0.25, 0.3) is 22.2 Å². The van der Waals surface area contributed by atoms with Crippen LogP contribution in [0.3, 0.4) is 0 Å². The van der Waals surface area contributed by atoms with Gasteiger partial charge in [-0.15, -0.1) is 0 Å². The first-order chi connectivity index (χ1) is 14.3. The molecule has 0 spiro atoms. The molecule has 0 unspecified atom stereocenters. The Balaban J connectivity index is 2.14. The summed E-state index contributed by atoms with van der Waals surface area (Å²) in [6, 6.07) is 13.5. The Bertz CT molecular complexity index is 1150. The molecule has 0 fully saturated rings. The molecule has 1 heterocycles. The van der Waals surface area contributed by atoms with Crippen LogP contribution >= 0.6 is 0 Å². The minimum Gasteiger partial charge on any atom is -0.385 e. The highest BCUT2D eigenvalue weighted by atomic mass is 19.4. The van der Waals surface area contributed by atoms with Crippen LogP contribution in [0.5, 0.6) is 0 Å². The van der Waals surface area contributed by atoms with Gasteiger partial charge in [0.25, 0.3) is 5.91 Å². The Kier molecular flexibility index (Phi) is 6.01. The van der Waals surface area contributed by atoms with Crippen molar-refractivity contribution in [3.63, 3.8) is 0 Å². The highest BCUT2D eigenvalue weighted by Gasteiger charge is 2.35. The second kappa shape index (κ2) is 8.65. The number of hydrogen-bond donors (Lipinski definition) is 2. The number of nitrogens with one attached hydrogen (secondary N) is 1. The van der Waals surface area contributed by atoms with Gasteiger partial charge in [0, 0.05) is 10.9 Å². The molecule has 0 bridgehead atoms. The number of alkyl halides is 3. The molecule has 3 rings (SSSR count). The quantitative estimate of drug-likeness (QED) is 0.570. The van der Waals surface area contributed by atoms with E-state index in [9.17, 15) is 18.0 Å². The summed E-state index contributed by atoms with van der Waals surface area (Å²) < 4.78 is 41.1. The summed E-state index contributed by atoms with van der Waals surface area (Å²) >= 11 is 0. The molecule has 0 aliphatic rings. The van der Waals surface area contributed by atoms with E-state index in [2.05, 4.69) is 16.9 Å². The molecule has 4 nitrogen and oxygen atoms in total. The van der Waals surface area contributed by atoms with Crippen molar-refractivity contribution in [3.05, 3.63) is 102 Å². The lowest BCUT2D eigenvalue weighted by Gasteiger charge is -2.15. The number of rotatable bonds is 5. The van der Waals surface area contributed by atoms with Gasteiger partial charge in [-0.3, -0.25) is 4.79 Å². The third kappa shape index (κ3) is 4.57. The van der Waals surface area contributed by atoms with E-state index in [-0.39, 0.29) is 28.0 Å². The molecular formula is C23H18F3N3O. The minimum atomic E-state index is -4.60. The number of allylic oxidation sites excluding steroid dienone is 4. The Labute approximate surface area is 171 Å². The number of amides is 1. The summed E-state index contributed by atoms with van der Waals surface area (Å²) in [5, 5.41) is 2.70. The predicted octanol–water partition coefficient (Wildman–Crippen LogP) is 5.19. The van der Waals surface area contributed by atoms with E-state index >= 15 is 0 Å². The third-order valence-corrected chi connectivity index (χ3v) is 4.22. The van der Waals surface area contributed by atoms with Crippen LogP contribution in [-0.4, -0.2) is 10.9 Å². The van der Waals surface area contributed by atoms with Crippen LogP contribution in [0.2, 0.25) is 0 Å². The molecule has 30 heavy (non-hydrogen) atoms. The number of nitrogens with two attached hydrogens (primary N) is 1. The van der Waals surface area contributed by atoms with Crippen molar-refractivity contribution in [2.75, 3.05) is 0 Å². The average Bonchev–Trinajstić information content (AvgIpc) is 2.72. The van der Waals surface area contributed by atoms with E-state index in [1.165, 1.54) is 24.3 Å². The van der Waals surface area contributed by atoms with Crippen LogP contribution in [0, 0.1) is 0 Å². The second-order valence-electron chi connectivity index (χ2n) is 6.32. The largest absolute Gasteiger partial charge is 0.418 e. The summed E-state index contributed by atoms with van der Waals surface area (Å²) in [5.41, 5.74) is 5.23. The summed E-state index contributed by atoms with van der Waals surface area (Å²) in [5.74, 6) is -0.502. The van der Waals surface area contributed by atoms with Gasteiger partial charge in [0.05, 0.1) is 22.3 Å². The Morgan fingerprint density at radius 3 is 2.47 bits per heavy atom. The normalized spacial score (nSPS) is 12.3. The predicted molar refractivity (Wildman–Crippen MR) is 111 cm³/mol. The SMILES string of the molecule is C=C/C=C\C=C(/N)NC(=O)c1cccc2cc(C(F)(F)F)c(-c3ccccc3)nc12. The zero-order valence-electron chi connectivity index (χ0n) is 15.8. The van der Waals surface area contributed by atoms with Crippen LogP contribution in [-0.2, 0) is 6.18 Å². The molecule has 0 aliphatic carbocycles. The maximum Gasteiger partial charge on any atom is 0.418 e. The molecule has 0 atom stereocenters. The Morgan fingerprint density at radius 1 is 1.07 bits per heavy atom. The smallest absolute Gasteiger partial charge is 0.385 e. The number of fused-ring (bicyclic) bond motifs is 1. The van der Waals surface area contributed by atoms with Crippen molar-refractivity contribution in [2.24, 2.45) is 5.73 Å². The number of pyridine rings is 1. The topological polar surface area (TPSA) is 68.0 Å². The van der Waals surface area contributed by atoms with Crippen molar-refractivity contribution in [3.8, 4) is 11.3 Å². The number of nitrogens with zero attached hydrogens (tertiary/aromatic N) is 1. The van der Waals surface area contributed by atoms with Crippen molar-refractivity contribution >= 4 is 16.8 Å². The van der Waals surface area contributed by atoms with E-state index in [1.807, 2.05) is 0 Å². The maximum absolute atomic E-state index is 13.7. The van der Waals surface area contributed by atoms with Gasteiger partial charge in [0.2, 0.25) is 0 Å².